The summed E-state index contributed by atoms with van der Waals surface area (Å²) in [6, 6.07) is 10.3. The van der Waals surface area contributed by atoms with Crippen molar-refractivity contribution in [2.24, 2.45) is 0 Å². The molecule has 0 atom stereocenters. The lowest BCUT2D eigenvalue weighted by Crippen LogP contribution is -2.24. The van der Waals surface area contributed by atoms with Gasteiger partial charge in [0.2, 0.25) is 0 Å². The predicted octanol–water partition coefficient (Wildman–Crippen LogP) is 10.5. The van der Waals surface area contributed by atoms with Gasteiger partial charge in [0.05, 0.1) is 5.02 Å². The summed E-state index contributed by atoms with van der Waals surface area (Å²) in [5.41, 5.74) is 11.3. The number of aryl methyl sites for hydroxylation is 7. The van der Waals surface area contributed by atoms with Gasteiger partial charge in [-0.15, -0.1) is 0 Å². The highest BCUT2D eigenvalue weighted by Gasteiger charge is 2.33. The predicted molar refractivity (Wildman–Crippen MR) is 155 cm³/mol. The molecule has 1 aliphatic rings. The lowest BCUT2D eigenvalue weighted by molar-refractivity contribution is 0.138. The van der Waals surface area contributed by atoms with E-state index in [4.69, 9.17) is 39.5 Å². The third kappa shape index (κ3) is 7.66. The fraction of sp³-hybridized carbons (Fsp3) is 0.419. The van der Waals surface area contributed by atoms with Crippen LogP contribution in [0.3, 0.4) is 0 Å². The Kier molecular flexibility index (Phi) is 10.2. The van der Waals surface area contributed by atoms with Gasteiger partial charge in [-0.1, -0.05) is 53.9 Å². The van der Waals surface area contributed by atoms with Gasteiger partial charge in [-0.3, -0.25) is 0 Å². The van der Waals surface area contributed by atoms with Gasteiger partial charge in [-0.2, -0.15) is 0 Å². The van der Waals surface area contributed by atoms with Crippen molar-refractivity contribution in [2.45, 2.75) is 87.7 Å². The van der Waals surface area contributed by atoms with E-state index < -0.39 is 0 Å². The molecule has 0 amide bonds. The smallest absolute Gasteiger partial charge is 0.142 e. The molecule has 4 rings (SSSR count). The number of benzene rings is 3. The zero-order chi connectivity index (χ0) is 26.7. The number of fused-ring (bicyclic) bond motifs is 1. The van der Waals surface area contributed by atoms with Gasteiger partial charge < -0.3 is 4.74 Å². The molecule has 0 saturated heterocycles. The SMILES string of the molecule is CCc1cc(C)c(C)cc1Cl.Cc1cc(C)c(Cl)cc1C.Cc1cc(Cl)c2c(c1C)CC(C)(C)O2. The Labute approximate surface area is 227 Å². The average molecular weight is 534 g/mol. The Morgan fingerprint density at radius 2 is 1.14 bits per heavy atom. The molecule has 0 aromatic heterocycles. The minimum atomic E-state index is -0.107. The maximum absolute atomic E-state index is 6.15. The summed E-state index contributed by atoms with van der Waals surface area (Å²) in [5.74, 6) is 0.889. The van der Waals surface area contributed by atoms with Crippen molar-refractivity contribution < 1.29 is 4.74 Å². The van der Waals surface area contributed by atoms with E-state index in [0.717, 1.165) is 39.2 Å². The highest BCUT2D eigenvalue weighted by atomic mass is 35.5. The Morgan fingerprint density at radius 3 is 1.69 bits per heavy atom. The third-order valence-electron chi connectivity index (χ3n) is 6.68. The van der Waals surface area contributed by atoms with Gasteiger partial charge in [0.15, 0.2) is 0 Å². The molecule has 1 aliphatic heterocycles. The number of hydrogen-bond donors (Lipinski definition) is 0. The molecular weight excluding hydrogens is 495 g/mol. The van der Waals surface area contributed by atoms with Crippen molar-refractivity contribution in [3.63, 3.8) is 0 Å². The lowest BCUT2D eigenvalue weighted by atomic mass is 9.95. The molecule has 190 valence electrons. The van der Waals surface area contributed by atoms with Gasteiger partial charge in [0.25, 0.3) is 0 Å². The van der Waals surface area contributed by atoms with Gasteiger partial charge in [-0.05, 0) is 131 Å². The standard InChI is InChI=1S/C12H15ClO.C10H13Cl.C9H11Cl/c1-7-5-10(13)11-9(8(7)2)6-12(3,4)14-11;1-4-9-5-7(2)8(3)6-10(9)11;1-6-4-8(3)9(10)5-7(6)2/h5H,6H2,1-4H3;5-6H,4H2,1-3H3;4-5H,1-3H3. The van der Waals surface area contributed by atoms with Crippen LogP contribution >= 0.6 is 34.8 Å². The van der Waals surface area contributed by atoms with Gasteiger partial charge in [0.1, 0.15) is 11.4 Å². The van der Waals surface area contributed by atoms with E-state index in [1.54, 1.807) is 0 Å². The first-order valence-corrected chi connectivity index (χ1v) is 13.3. The Morgan fingerprint density at radius 1 is 0.657 bits per heavy atom. The molecule has 0 bridgehead atoms. The van der Waals surface area contributed by atoms with Crippen LogP contribution in [0.5, 0.6) is 5.75 Å². The molecule has 1 heterocycles. The van der Waals surface area contributed by atoms with Crippen LogP contribution in [0.25, 0.3) is 0 Å². The van der Waals surface area contributed by atoms with E-state index in [2.05, 4.69) is 74.4 Å². The van der Waals surface area contributed by atoms with Crippen LogP contribution in [0.1, 0.15) is 70.8 Å². The molecule has 0 radical (unpaired) electrons. The fourth-order valence-electron chi connectivity index (χ4n) is 4.01. The summed E-state index contributed by atoms with van der Waals surface area (Å²) in [6.45, 7) is 20.9. The number of ether oxygens (including phenoxy) is 1. The van der Waals surface area contributed by atoms with Crippen LogP contribution in [0.4, 0.5) is 0 Å². The van der Waals surface area contributed by atoms with Crippen molar-refractivity contribution in [3.8, 4) is 5.75 Å². The highest BCUT2D eigenvalue weighted by Crippen LogP contribution is 2.42. The first kappa shape index (κ1) is 29.6. The van der Waals surface area contributed by atoms with E-state index >= 15 is 0 Å². The van der Waals surface area contributed by atoms with E-state index in [0.29, 0.717) is 0 Å². The largest absolute Gasteiger partial charge is 0.486 e. The summed E-state index contributed by atoms with van der Waals surface area (Å²) >= 11 is 18.0. The second-order valence-electron chi connectivity index (χ2n) is 10.2. The molecule has 3 aromatic carbocycles. The molecule has 3 aromatic rings. The topological polar surface area (TPSA) is 9.23 Å². The Hall–Kier alpha value is -1.67. The number of halogens is 3. The van der Waals surface area contributed by atoms with Crippen LogP contribution in [0.15, 0.2) is 30.3 Å². The van der Waals surface area contributed by atoms with Crippen LogP contribution in [-0.4, -0.2) is 5.60 Å². The summed E-state index contributed by atoms with van der Waals surface area (Å²) in [4.78, 5) is 0. The first-order chi connectivity index (χ1) is 16.2. The monoisotopic (exact) mass is 532 g/mol. The third-order valence-corrected chi connectivity index (χ3v) is 7.72. The zero-order valence-corrected chi connectivity index (χ0v) is 25.1. The van der Waals surface area contributed by atoms with Gasteiger partial charge >= 0.3 is 0 Å². The van der Waals surface area contributed by atoms with E-state index in [1.165, 1.54) is 44.5 Å². The second kappa shape index (κ2) is 12.0. The molecule has 0 unspecified atom stereocenters. The first-order valence-electron chi connectivity index (χ1n) is 12.1. The second-order valence-corrected chi connectivity index (χ2v) is 11.4. The fourth-order valence-corrected chi connectivity index (χ4v) is 4.90. The Balaban J connectivity index is 0.000000189. The van der Waals surface area contributed by atoms with E-state index in [1.807, 2.05) is 25.1 Å². The average Bonchev–Trinajstić information content (AvgIpc) is 3.10. The summed E-state index contributed by atoms with van der Waals surface area (Å²) in [7, 11) is 0. The number of hydrogen-bond acceptors (Lipinski definition) is 1. The van der Waals surface area contributed by atoms with Crippen molar-refractivity contribution in [2.75, 3.05) is 0 Å². The highest BCUT2D eigenvalue weighted by molar-refractivity contribution is 6.32. The van der Waals surface area contributed by atoms with Crippen molar-refractivity contribution >= 4 is 34.8 Å². The minimum Gasteiger partial charge on any atom is -0.486 e. The molecule has 0 aliphatic carbocycles. The maximum atomic E-state index is 6.15. The van der Waals surface area contributed by atoms with Crippen LogP contribution < -0.4 is 4.74 Å². The molecular formula is C31H39Cl3O. The summed E-state index contributed by atoms with van der Waals surface area (Å²) in [6.07, 6.45) is 1.97. The minimum absolute atomic E-state index is 0.107. The van der Waals surface area contributed by atoms with Gasteiger partial charge in [-0.25, -0.2) is 0 Å². The molecule has 0 fully saturated rings. The van der Waals surface area contributed by atoms with Crippen LogP contribution in [-0.2, 0) is 12.8 Å². The van der Waals surface area contributed by atoms with Crippen LogP contribution in [0, 0.1) is 48.5 Å². The molecule has 0 spiro atoms. The van der Waals surface area contributed by atoms with E-state index in [9.17, 15) is 0 Å². The molecule has 0 saturated carbocycles. The van der Waals surface area contributed by atoms with Crippen molar-refractivity contribution in [1.82, 2.24) is 0 Å². The molecule has 0 N–H and O–H groups in total. The summed E-state index contributed by atoms with van der Waals surface area (Å²) in [5, 5.41) is 2.51. The zero-order valence-electron chi connectivity index (χ0n) is 22.8. The normalized spacial score (nSPS) is 13.2. The van der Waals surface area contributed by atoms with Crippen molar-refractivity contribution in [1.29, 1.82) is 0 Å². The van der Waals surface area contributed by atoms with Gasteiger partial charge in [0, 0.05) is 22.0 Å². The lowest BCUT2D eigenvalue weighted by Gasteiger charge is -2.17. The maximum Gasteiger partial charge on any atom is 0.142 e. The molecule has 35 heavy (non-hydrogen) atoms. The molecule has 1 nitrogen and oxygen atoms in total. The van der Waals surface area contributed by atoms with Crippen LogP contribution in [0.2, 0.25) is 15.1 Å². The summed E-state index contributed by atoms with van der Waals surface area (Å²) < 4.78 is 5.83. The quantitative estimate of drug-likeness (QED) is 0.302. The van der Waals surface area contributed by atoms with E-state index in [-0.39, 0.29) is 5.60 Å². The van der Waals surface area contributed by atoms with Crippen molar-refractivity contribution in [3.05, 3.63) is 95.5 Å². The molecule has 4 heteroatoms. The number of rotatable bonds is 1. The Bertz CT molecular complexity index is 1160.